The van der Waals surface area contributed by atoms with Gasteiger partial charge in [-0.25, -0.2) is 4.79 Å². The lowest BCUT2D eigenvalue weighted by molar-refractivity contribution is 0.0696. The van der Waals surface area contributed by atoms with Crippen molar-refractivity contribution >= 4 is 23.5 Å². The molecule has 1 fully saturated rings. The quantitative estimate of drug-likeness (QED) is 0.752. The van der Waals surface area contributed by atoms with Crippen LogP contribution in [0.2, 0.25) is 0 Å². The van der Waals surface area contributed by atoms with Crippen molar-refractivity contribution in [2.45, 2.75) is 38.1 Å². The highest BCUT2D eigenvalue weighted by molar-refractivity contribution is 6.05. The number of hydrogen-bond acceptors (Lipinski definition) is 3. The maximum atomic E-state index is 12.3. The zero-order valence-corrected chi connectivity index (χ0v) is 14.9. The van der Waals surface area contributed by atoms with Crippen LogP contribution in [-0.4, -0.2) is 28.9 Å². The average Bonchev–Trinajstić information content (AvgIpc) is 2.69. The fraction of sp³-hybridized carbons (Fsp3) is 0.286. The van der Waals surface area contributed by atoms with Crippen LogP contribution in [0, 0.1) is 0 Å². The van der Waals surface area contributed by atoms with Crippen LogP contribution in [0.15, 0.2) is 48.5 Å². The smallest absolute Gasteiger partial charge is 0.335 e. The molecule has 1 aliphatic rings. The predicted molar refractivity (Wildman–Crippen MR) is 102 cm³/mol. The van der Waals surface area contributed by atoms with Crippen molar-refractivity contribution in [3.05, 3.63) is 65.2 Å². The number of benzene rings is 2. The van der Waals surface area contributed by atoms with Crippen molar-refractivity contribution in [2.75, 3.05) is 5.32 Å². The Morgan fingerprint density at radius 2 is 1.48 bits per heavy atom. The van der Waals surface area contributed by atoms with Gasteiger partial charge >= 0.3 is 5.97 Å². The van der Waals surface area contributed by atoms with Gasteiger partial charge in [-0.05, 0) is 55.3 Å². The summed E-state index contributed by atoms with van der Waals surface area (Å²) in [6, 6.07) is 12.7. The zero-order chi connectivity index (χ0) is 19.2. The number of aromatic carboxylic acids is 1. The molecule has 0 radical (unpaired) electrons. The third kappa shape index (κ3) is 4.94. The second kappa shape index (κ2) is 8.49. The maximum Gasteiger partial charge on any atom is 0.335 e. The zero-order valence-electron chi connectivity index (χ0n) is 14.9. The van der Waals surface area contributed by atoms with Gasteiger partial charge in [0.05, 0.1) is 5.56 Å². The molecule has 0 atom stereocenters. The molecule has 2 aromatic rings. The highest BCUT2D eigenvalue weighted by atomic mass is 16.4. The minimum atomic E-state index is -1.09. The molecule has 3 rings (SSSR count). The lowest BCUT2D eigenvalue weighted by Gasteiger charge is -2.22. The molecule has 1 saturated carbocycles. The third-order valence-electron chi connectivity index (χ3n) is 4.72. The number of carboxylic acids is 1. The second-order valence-corrected chi connectivity index (χ2v) is 6.73. The van der Waals surface area contributed by atoms with Gasteiger partial charge in [-0.15, -0.1) is 0 Å². The number of carboxylic acid groups (broad SMARTS) is 1. The Morgan fingerprint density at radius 3 is 2.15 bits per heavy atom. The SMILES string of the molecule is O=C(O)c1cccc(C(=O)Nc2ccc(C(=O)NC3CCCCC3)cc2)c1. The number of hydrogen-bond donors (Lipinski definition) is 3. The molecule has 0 spiro atoms. The summed E-state index contributed by atoms with van der Waals surface area (Å²) in [6.45, 7) is 0. The van der Waals surface area contributed by atoms with Crippen molar-refractivity contribution in [1.82, 2.24) is 5.32 Å². The van der Waals surface area contributed by atoms with Crippen LogP contribution in [0.3, 0.4) is 0 Å². The highest BCUT2D eigenvalue weighted by Crippen LogP contribution is 2.18. The number of anilines is 1. The van der Waals surface area contributed by atoms with Crippen molar-refractivity contribution in [1.29, 1.82) is 0 Å². The van der Waals surface area contributed by atoms with Gasteiger partial charge in [0.1, 0.15) is 0 Å². The maximum absolute atomic E-state index is 12.3. The predicted octanol–water partition coefficient (Wildman–Crippen LogP) is 3.70. The molecule has 1 aliphatic carbocycles. The number of carbonyl (C=O) groups excluding carboxylic acids is 2. The van der Waals surface area contributed by atoms with Crippen LogP contribution < -0.4 is 10.6 Å². The lowest BCUT2D eigenvalue weighted by Crippen LogP contribution is -2.36. The van der Waals surface area contributed by atoms with E-state index < -0.39 is 11.9 Å². The molecule has 2 amide bonds. The largest absolute Gasteiger partial charge is 0.478 e. The molecule has 140 valence electrons. The first kappa shape index (κ1) is 18.6. The standard InChI is InChI=1S/C21H22N2O4/c24-19(22-17-7-2-1-3-8-17)14-9-11-18(12-10-14)23-20(25)15-5-4-6-16(13-15)21(26)27/h4-6,9-13,17H,1-3,7-8H2,(H,22,24)(H,23,25)(H,26,27). The average molecular weight is 366 g/mol. The van der Waals surface area contributed by atoms with E-state index in [9.17, 15) is 14.4 Å². The lowest BCUT2D eigenvalue weighted by atomic mass is 9.95. The molecular formula is C21H22N2O4. The summed E-state index contributed by atoms with van der Waals surface area (Å²) in [4.78, 5) is 35.6. The number of nitrogens with one attached hydrogen (secondary N) is 2. The van der Waals surface area contributed by atoms with Gasteiger partial charge in [0.25, 0.3) is 11.8 Å². The molecule has 2 aromatic carbocycles. The Hall–Kier alpha value is -3.15. The molecule has 0 heterocycles. The van der Waals surface area contributed by atoms with Crippen LogP contribution in [0.25, 0.3) is 0 Å². The summed E-state index contributed by atoms with van der Waals surface area (Å²) in [7, 11) is 0. The summed E-state index contributed by atoms with van der Waals surface area (Å²) < 4.78 is 0. The van der Waals surface area contributed by atoms with Gasteiger partial charge < -0.3 is 15.7 Å². The Kier molecular flexibility index (Phi) is 5.86. The molecule has 6 heteroatoms. The van der Waals surface area contributed by atoms with E-state index in [4.69, 9.17) is 5.11 Å². The van der Waals surface area contributed by atoms with Crippen LogP contribution in [0.1, 0.15) is 63.2 Å². The van der Waals surface area contributed by atoms with E-state index in [1.165, 1.54) is 24.6 Å². The van der Waals surface area contributed by atoms with Gasteiger partial charge in [0.15, 0.2) is 0 Å². The summed E-state index contributed by atoms with van der Waals surface area (Å²) in [6.07, 6.45) is 5.58. The third-order valence-corrected chi connectivity index (χ3v) is 4.72. The molecule has 0 aliphatic heterocycles. The minimum absolute atomic E-state index is 0.0531. The molecular weight excluding hydrogens is 344 g/mol. The topological polar surface area (TPSA) is 95.5 Å². The molecule has 6 nitrogen and oxygen atoms in total. The van der Waals surface area contributed by atoms with E-state index in [2.05, 4.69) is 10.6 Å². The monoisotopic (exact) mass is 366 g/mol. The van der Waals surface area contributed by atoms with Crippen molar-refractivity contribution in [3.63, 3.8) is 0 Å². The first-order valence-electron chi connectivity index (χ1n) is 9.08. The summed E-state index contributed by atoms with van der Waals surface area (Å²) in [5.74, 6) is -1.59. The van der Waals surface area contributed by atoms with E-state index in [0.717, 1.165) is 25.7 Å². The number of rotatable bonds is 5. The summed E-state index contributed by atoms with van der Waals surface area (Å²) in [5.41, 5.74) is 1.40. The van der Waals surface area contributed by atoms with E-state index in [0.29, 0.717) is 11.3 Å². The van der Waals surface area contributed by atoms with Gasteiger partial charge in [0, 0.05) is 22.9 Å². The Balaban J connectivity index is 1.61. The Bertz CT molecular complexity index is 840. The van der Waals surface area contributed by atoms with Crippen molar-refractivity contribution in [3.8, 4) is 0 Å². The van der Waals surface area contributed by atoms with Crippen LogP contribution in [-0.2, 0) is 0 Å². The number of carbonyl (C=O) groups is 3. The molecule has 0 saturated heterocycles. The van der Waals surface area contributed by atoms with Crippen LogP contribution in [0.4, 0.5) is 5.69 Å². The van der Waals surface area contributed by atoms with E-state index in [1.54, 1.807) is 30.3 Å². The van der Waals surface area contributed by atoms with Crippen molar-refractivity contribution < 1.29 is 19.5 Å². The van der Waals surface area contributed by atoms with Gasteiger partial charge in [-0.2, -0.15) is 0 Å². The number of amides is 2. The fourth-order valence-electron chi connectivity index (χ4n) is 3.22. The highest BCUT2D eigenvalue weighted by Gasteiger charge is 2.16. The normalized spacial score (nSPS) is 14.4. The van der Waals surface area contributed by atoms with Crippen LogP contribution in [0.5, 0.6) is 0 Å². The molecule has 3 N–H and O–H groups in total. The van der Waals surface area contributed by atoms with Crippen LogP contribution >= 0.6 is 0 Å². The first-order chi connectivity index (χ1) is 13.0. The summed E-state index contributed by atoms with van der Waals surface area (Å²) in [5, 5.41) is 14.8. The fourth-order valence-corrected chi connectivity index (χ4v) is 3.22. The van der Waals surface area contributed by atoms with E-state index in [-0.39, 0.29) is 23.1 Å². The Labute approximate surface area is 157 Å². The van der Waals surface area contributed by atoms with Gasteiger partial charge in [-0.3, -0.25) is 9.59 Å². The Morgan fingerprint density at radius 1 is 0.815 bits per heavy atom. The van der Waals surface area contributed by atoms with Crippen molar-refractivity contribution in [2.24, 2.45) is 0 Å². The minimum Gasteiger partial charge on any atom is -0.478 e. The van der Waals surface area contributed by atoms with Gasteiger partial charge in [0.2, 0.25) is 0 Å². The first-order valence-corrected chi connectivity index (χ1v) is 9.08. The van der Waals surface area contributed by atoms with E-state index in [1.807, 2.05) is 0 Å². The van der Waals surface area contributed by atoms with Gasteiger partial charge in [-0.1, -0.05) is 25.3 Å². The van der Waals surface area contributed by atoms with E-state index >= 15 is 0 Å². The second-order valence-electron chi connectivity index (χ2n) is 6.73. The molecule has 0 aromatic heterocycles. The molecule has 0 unspecified atom stereocenters. The molecule has 27 heavy (non-hydrogen) atoms. The molecule has 0 bridgehead atoms. The summed E-state index contributed by atoms with van der Waals surface area (Å²) >= 11 is 0.